The van der Waals surface area contributed by atoms with Gasteiger partial charge in [-0.1, -0.05) is 0 Å². The average molecular weight is 338 g/mol. The molecule has 2 aromatic rings. The van der Waals surface area contributed by atoms with Crippen LogP contribution in [-0.4, -0.2) is 55.0 Å². The van der Waals surface area contributed by atoms with Gasteiger partial charge in [0, 0.05) is 19.2 Å². The van der Waals surface area contributed by atoms with Gasteiger partial charge in [-0.3, -0.25) is 0 Å². The Morgan fingerprint density at radius 1 is 1.13 bits per heavy atom. The van der Waals surface area contributed by atoms with Crippen molar-refractivity contribution in [3.63, 3.8) is 0 Å². The lowest BCUT2D eigenvalue weighted by molar-refractivity contribution is 0.353. The molecule has 23 heavy (non-hydrogen) atoms. The molecule has 1 aliphatic heterocycles. The maximum Gasteiger partial charge on any atom is 0.243 e. The van der Waals surface area contributed by atoms with Gasteiger partial charge in [0.1, 0.15) is 0 Å². The minimum atomic E-state index is -3.59. The summed E-state index contributed by atoms with van der Waals surface area (Å²) in [6, 6.07) is 4.55. The van der Waals surface area contributed by atoms with E-state index in [0.29, 0.717) is 31.0 Å². The first-order valence-corrected chi connectivity index (χ1v) is 8.58. The molecule has 0 aliphatic carbocycles. The van der Waals surface area contributed by atoms with Gasteiger partial charge in [0.05, 0.1) is 37.6 Å². The number of aromatic nitrogens is 3. The van der Waals surface area contributed by atoms with Crippen molar-refractivity contribution in [3.05, 3.63) is 30.6 Å². The fraction of sp³-hybridized carbons (Fsp3) is 0.429. The predicted molar refractivity (Wildman–Crippen MR) is 82.0 cm³/mol. The molecule has 1 fully saturated rings. The summed E-state index contributed by atoms with van der Waals surface area (Å²) in [6.45, 7) is 0.786. The highest BCUT2D eigenvalue weighted by Gasteiger charge is 2.34. The zero-order valence-corrected chi connectivity index (χ0v) is 13.7. The summed E-state index contributed by atoms with van der Waals surface area (Å²) in [6.07, 6.45) is 3.86. The highest BCUT2D eigenvalue weighted by Crippen LogP contribution is 2.32. The zero-order valence-electron chi connectivity index (χ0n) is 12.9. The quantitative estimate of drug-likeness (QED) is 0.806. The van der Waals surface area contributed by atoms with E-state index in [1.54, 1.807) is 23.3 Å². The first-order chi connectivity index (χ1) is 11.1. The van der Waals surface area contributed by atoms with Crippen LogP contribution >= 0.6 is 0 Å². The van der Waals surface area contributed by atoms with Gasteiger partial charge in [-0.05, 0) is 18.6 Å². The van der Waals surface area contributed by atoms with E-state index in [9.17, 15) is 8.42 Å². The van der Waals surface area contributed by atoms with E-state index in [1.165, 1.54) is 30.7 Å². The highest BCUT2D eigenvalue weighted by atomic mass is 32.2. The number of nitrogens with zero attached hydrogens (tertiary/aromatic N) is 4. The van der Waals surface area contributed by atoms with E-state index in [1.807, 2.05) is 0 Å². The molecule has 0 radical (unpaired) electrons. The van der Waals surface area contributed by atoms with E-state index in [4.69, 9.17) is 9.47 Å². The van der Waals surface area contributed by atoms with Gasteiger partial charge < -0.3 is 9.47 Å². The number of benzene rings is 1. The third-order valence-electron chi connectivity index (χ3n) is 3.88. The minimum Gasteiger partial charge on any atom is -0.493 e. The molecular formula is C14H18N4O4S. The Bertz CT molecular complexity index is 776. The molecule has 0 saturated carbocycles. The van der Waals surface area contributed by atoms with Crippen molar-refractivity contribution in [3.8, 4) is 11.5 Å². The van der Waals surface area contributed by atoms with Crippen LogP contribution in [0.3, 0.4) is 0 Å². The van der Waals surface area contributed by atoms with Crippen molar-refractivity contribution >= 4 is 10.0 Å². The Balaban J connectivity index is 1.85. The molecule has 8 nitrogen and oxygen atoms in total. The van der Waals surface area contributed by atoms with E-state index in [-0.39, 0.29) is 10.9 Å². The number of hydrogen-bond donors (Lipinski definition) is 0. The molecule has 124 valence electrons. The van der Waals surface area contributed by atoms with Crippen LogP contribution in [0.25, 0.3) is 0 Å². The maximum absolute atomic E-state index is 12.8. The molecule has 1 aliphatic rings. The van der Waals surface area contributed by atoms with E-state index in [0.717, 1.165) is 0 Å². The topological polar surface area (TPSA) is 86.6 Å². The second-order valence-electron chi connectivity index (χ2n) is 5.17. The molecule has 1 unspecified atom stereocenters. The van der Waals surface area contributed by atoms with Crippen molar-refractivity contribution in [1.29, 1.82) is 0 Å². The standard InChI is InChI=1S/C14H18N4O4S/c1-21-13-4-3-12(9-14(13)22-2)23(19,20)17-8-5-11(10-17)18-15-6-7-16-18/h3-4,6-7,9,11H,5,8,10H2,1-2H3. The molecule has 1 aromatic heterocycles. The number of sulfonamides is 1. The van der Waals surface area contributed by atoms with Gasteiger partial charge in [0.25, 0.3) is 0 Å². The lowest BCUT2D eigenvalue weighted by Crippen LogP contribution is -2.29. The van der Waals surface area contributed by atoms with Crippen LogP contribution in [0.4, 0.5) is 0 Å². The molecule has 0 bridgehead atoms. The minimum absolute atomic E-state index is 0.0417. The van der Waals surface area contributed by atoms with Gasteiger partial charge >= 0.3 is 0 Å². The molecule has 0 spiro atoms. The van der Waals surface area contributed by atoms with Crippen LogP contribution in [0.15, 0.2) is 35.5 Å². The molecule has 9 heteroatoms. The molecule has 2 heterocycles. The molecule has 0 amide bonds. The Kier molecular flexibility index (Phi) is 4.22. The molecular weight excluding hydrogens is 320 g/mol. The molecule has 0 N–H and O–H groups in total. The fourth-order valence-electron chi connectivity index (χ4n) is 2.66. The van der Waals surface area contributed by atoms with Crippen molar-refractivity contribution in [2.45, 2.75) is 17.4 Å². The van der Waals surface area contributed by atoms with Gasteiger partial charge in [-0.15, -0.1) is 0 Å². The van der Waals surface area contributed by atoms with Gasteiger partial charge in [0.15, 0.2) is 11.5 Å². The third-order valence-corrected chi connectivity index (χ3v) is 5.74. The van der Waals surface area contributed by atoms with Crippen LogP contribution < -0.4 is 9.47 Å². The zero-order chi connectivity index (χ0) is 16.4. The van der Waals surface area contributed by atoms with E-state index >= 15 is 0 Å². The second kappa shape index (κ2) is 6.17. The molecule has 1 atom stereocenters. The maximum atomic E-state index is 12.8. The van der Waals surface area contributed by atoms with Crippen molar-refractivity contribution in [2.75, 3.05) is 27.3 Å². The van der Waals surface area contributed by atoms with Gasteiger partial charge in [-0.2, -0.15) is 19.3 Å². The van der Waals surface area contributed by atoms with Crippen LogP contribution in [-0.2, 0) is 10.0 Å². The van der Waals surface area contributed by atoms with Gasteiger partial charge in [-0.25, -0.2) is 8.42 Å². The van der Waals surface area contributed by atoms with E-state index < -0.39 is 10.0 Å². The Labute approximate surface area is 134 Å². The summed E-state index contributed by atoms with van der Waals surface area (Å²) in [4.78, 5) is 1.74. The van der Waals surface area contributed by atoms with E-state index in [2.05, 4.69) is 10.2 Å². The lowest BCUT2D eigenvalue weighted by atomic mass is 10.3. The normalized spacial score (nSPS) is 19.0. The lowest BCUT2D eigenvalue weighted by Gasteiger charge is -2.17. The van der Waals surface area contributed by atoms with Crippen molar-refractivity contribution in [1.82, 2.24) is 19.3 Å². The smallest absolute Gasteiger partial charge is 0.243 e. The van der Waals surface area contributed by atoms with Crippen LogP contribution in [0, 0.1) is 0 Å². The van der Waals surface area contributed by atoms with Crippen LogP contribution in [0.1, 0.15) is 12.5 Å². The third kappa shape index (κ3) is 2.89. The summed E-state index contributed by atoms with van der Waals surface area (Å²) in [7, 11) is -0.608. The Hall–Kier alpha value is -2.13. The number of rotatable bonds is 5. The first kappa shape index (κ1) is 15.8. The molecule has 3 rings (SSSR count). The summed E-state index contributed by atoms with van der Waals surface area (Å²) < 4.78 is 37.4. The summed E-state index contributed by atoms with van der Waals surface area (Å²) in [5, 5.41) is 8.17. The number of methoxy groups -OCH3 is 2. The summed E-state index contributed by atoms with van der Waals surface area (Å²) in [5.41, 5.74) is 0. The monoisotopic (exact) mass is 338 g/mol. The summed E-state index contributed by atoms with van der Waals surface area (Å²) in [5.74, 6) is 0.879. The van der Waals surface area contributed by atoms with Gasteiger partial charge in [0.2, 0.25) is 10.0 Å². The van der Waals surface area contributed by atoms with Crippen molar-refractivity contribution in [2.24, 2.45) is 0 Å². The SMILES string of the molecule is COc1ccc(S(=O)(=O)N2CCC(n3nccn3)C2)cc1OC. The van der Waals surface area contributed by atoms with Crippen LogP contribution in [0.5, 0.6) is 11.5 Å². The largest absolute Gasteiger partial charge is 0.493 e. The molecule has 1 saturated heterocycles. The average Bonchev–Trinajstić information content (AvgIpc) is 3.24. The number of hydrogen-bond acceptors (Lipinski definition) is 6. The fourth-order valence-corrected chi connectivity index (χ4v) is 4.17. The number of ether oxygens (including phenoxy) is 2. The summed E-state index contributed by atoms with van der Waals surface area (Å²) >= 11 is 0. The Morgan fingerprint density at radius 2 is 1.83 bits per heavy atom. The second-order valence-corrected chi connectivity index (χ2v) is 7.11. The first-order valence-electron chi connectivity index (χ1n) is 7.14. The van der Waals surface area contributed by atoms with Crippen LogP contribution in [0.2, 0.25) is 0 Å². The molecule has 1 aromatic carbocycles. The van der Waals surface area contributed by atoms with Crippen molar-refractivity contribution < 1.29 is 17.9 Å². The Morgan fingerprint density at radius 3 is 2.48 bits per heavy atom. The predicted octanol–water partition coefficient (Wildman–Crippen LogP) is 0.931. The highest BCUT2D eigenvalue weighted by molar-refractivity contribution is 7.89.